The topological polar surface area (TPSA) is 77.6 Å². The number of hydrogen-bond donors (Lipinski definition) is 0. The van der Waals surface area contributed by atoms with E-state index in [1.807, 2.05) is 37.3 Å². The van der Waals surface area contributed by atoms with Crippen molar-refractivity contribution in [1.29, 1.82) is 0 Å². The summed E-state index contributed by atoms with van der Waals surface area (Å²) < 4.78 is 20.1. The van der Waals surface area contributed by atoms with Gasteiger partial charge in [0.1, 0.15) is 12.1 Å². The number of carbonyl (C=O) groups is 1. The Morgan fingerprint density at radius 1 is 1.06 bits per heavy atom. The van der Waals surface area contributed by atoms with Crippen LogP contribution in [0.15, 0.2) is 82.8 Å². The third-order valence-corrected chi connectivity index (χ3v) is 5.76. The van der Waals surface area contributed by atoms with E-state index in [4.69, 9.17) is 9.25 Å². The van der Waals surface area contributed by atoms with Crippen LogP contribution in [0.4, 0.5) is 4.39 Å². The van der Waals surface area contributed by atoms with Crippen LogP contribution in [0.1, 0.15) is 52.0 Å². The van der Waals surface area contributed by atoms with E-state index in [0.29, 0.717) is 41.1 Å². The maximum Gasteiger partial charge on any atom is 0.194 e. The average Bonchev–Trinajstić information content (AvgIpc) is 3.55. The highest BCUT2D eigenvalue weighted by molar-refractivity contribution is 6.05. The van der Waals surface area contributed by atoms with Gasteiger partial charge in [0.05, 0.1) is 17.6 Å². The van der Waals surface area contributed by atoms with Gasteiger partial charge >= 0.3 is 0 Å². The number of halogens is 1. The monoisotopic (exact) mass is 455 g/mol. The van der Waals surface area contributed by atoms with E-state index in [0.717, 1.165) is 16.8 Å². The highest BCUT2D eigenvalue weighted by atomic mass is 19.1. The molecule has 6 nitrogen and oxygen atoms in total. The summed E-state index contributed by atoms with van der Waals surface area (Å²) in [6.45, 7) is 1.84. The lowest BCUT2D eigenvalue weighted by molar-refractivity contribution is 0.0826. The Balaban J connectivity index is 1.48. The molecule has 1 atom stereocenters. The maximum atomic E-state index is 14.8. The fourth-order valence-corrected chi connectivity index (χ4v) is 3.98. The number of benzene rings is 2. The summed E-state index contributed by atoms with van der Waals surface area (Å²) in [5.41, 5.74) is 4.52. The summed E-state index contributed by atoms with van der Waals surface area (Å²) in [6, 6.07) is 16.1. The van der Waals surface area contributed by atoms with E-state index in [1.165, 1.54) is 12.3 Å². The van der Waals surface area contributed by atoms with E-state index >= 15 is 0 Å². The number of oxazole rings is 1. The summed E-state index contributed by atoms with van der Waals surface area (Å²) >= 11 is 0. The zero-order chi connectivity index (χ0) is 23.5. The van der Waals surface area contributed by atoms with Crippen LogP contribution in [0.2, 0.25) is 0 Å². The van der Waals surface area contributed by atoms with Crippen LogP contribution in [-0.4, -0.2) is 21.5 Å². The third-order valence-electron chi connectivity index (χ3n) is 5.76. The van der Waals surface area contributed by atoms with E-state index in [1.54, 1.807) is 30.6 Å². The molecule has 34 heavy (non-hydrogen) atoms. The van der Waals surface area contributed by atoms with Gasteiger partial charge in [-0.15, -0.1) is 0 Å². The van der Waals surface area contributed by atoms with Crippen molar-refractivity contribution in [3.05, 3.63) is 107 Å². The smallest absolute Gasteiger partial charge is 0.194 e. The standard InChI is InChI=1S/C27H22FN3O3/c1-17-5-6-21(22(28)12-17)18-13-19(24-16-26(34-31-24)23-4-2-3-9-29-23)15-20(14-18)25(32)7-8-27-30-10-11-33-27/h2-6,9-15,26H,7-8,16H2,1H3. The van der Waals surface area contributed by atoms with Gasteiger partial charge in [-0.3, -0.25) is 9.78 Å². The predicted molar refractivity (Wildman–Crippen MR) is 125 cm³/mol. The normalized spacial score (nSPS) is 15.1. The molecule has 3 heterocycles. The number of ketones is 1. The van der Waals surface area contributed by atoms with Crippen LogP contribution in [0, 0.1) is 12.7 Å². The zero-order valence-corrected chi connectivity index (χ0v) is 18.6. The number of aromatic nitrogens is 2. The zero-order valence-electron chi connectivity index (χ0n) is 18.6. The molecule has 0 spiro atoms. The number of Topliss-reactive ketones (excluding diaryl/α,β-unsaturated/α-hetero) is 1. The lowest BCUT2D eigenvalue weighted by Crippen LogP contribution is -2.07. The maximum absolute atomic E-state index is 14.8. The summed E-state index contributed by atoms with van der Waals surface area (Å²) in [6.07, 6.45) is 5.54. The molecule has 2 aromatic heterocycles. The number of hydrogen-bond acceptors (Lipinski definition) is 6. The number of aryl methyl sites for hydroxylation is 2. The highest BCUT2D eigenvalue weighted by Crippen LogP contribution is 2.32. The Hall–Kier alpha value is -4.13. The van der Waals surface area contributed by atoms with Crippen LogP contribution in [0.5, 0.6) is 0 Å². The summed E-state index contributed by atoms with van der Waals surface area (Å²) in [7, 11) is 0. The minimum Gasteiger partial charge on any atom is -0.449 e. The molecule has 0 aliphatic carbocycles. The summed E-state index contributed by atoms with van der Waals surface area (Å²) in [5.74, 6) is 0.0713. The molecule has 170 valence electrons. The van der Waals surface area contributed by atoms with E-state index < -0.39 is 0 Å². The molecule has 0 saturated carbocycles. The summed E-state index contributed by atoms with van der Waals surface area (Å²) in [4.78, 5) is 27.1. The molecule has 5 rings (SSSR count). The first kappa shape index (κ1) is 21.7. The Morgan fingerprint density at radius 2 is 1.94 bits per heavy atom. The molecule has 4 aromatic rings. The van der Waals surface area contributed by atoms with Gasteiger partial charge in [-0.05, 0) is 54.4 Å². The van der Waals surface area contributed by atoms with E-state index in [2.05, 4.69) is 15.1 Å². The lowest BCUT2D eigenvalue weighted by Gasteiger charge is -2.11. The lowest BCUT2D eigenvalue weighted by atomic mass is 9.93. The van der Waals surface area contributed by atoms with E-state index in [9.17, 15) is 9.18 Å². The van der Waals surface area contributed by atoms with Crippen molar-refractivity contribution in [2.75, 3.05) is 0 Å². The van der Waals surface area contributed by atoms with Crippen molar-refractivity contribution in [3.63, 3.8) is 0 Å². The van der Waals surface area contributed by atoms with Gasteiger partial charge < -0.3 is 9.25 Å². The number of oxime groups is 1. The van der Waals surface area contributed by atoms with Gasteiger partial charge in [0.25, 0.3) is 0 Å². The Labute approximate surface area is 196 Å². The minimum absolute atomic E-state index is 0.0883. The van der Waals surface area contributed by atoms with Crippen LogP contribution >= 0.6 is 0 Å². The predicted octanol–water partition coefficient (Wildman–Crippen LogP) is 5.87. The molecule has 0 amide bonds. The largest absolute Gasteiger partial charge is 0.449 e. The SMILES string of the molecule is Cc1ccc(-c2cc(C(=O)CCc3ncco3)cc(C3=NOC(c4ccccn4)C3)c2)c(F)c1. The molecule has 7 heteroatoms. The second-order valence-corrected chi connectivity index (χ2v) is 8.22. The second kappa shape index (κ2) is 9.39. The molecule has 0 radical (unpaired) electrons. The Bertz CT molecular complexity index is 1350. The molecular weight excluding hydrogens is 433 g/mol. The molecule has 1 unspecified atom stereocenters. The molecule has 0 fully saturated rings. The number of nitrogens with zero attached hydrogens (tertiary/aromatic N) is 3. The van der Waals surface area contributed by atoms with Crippen molar-refractivity contribution in [3.8, 4) is 11.1 Å². The van der Waals surface area contributed by atoms with Crippen molar-refractivity contribution in [2.45, 2.75) is 32.3 Å². The number of pyridine rings is 1. The molecule has 1 aliphatic heterocycles. The first-order chi connectivity index (χ1) is 16.6. The quantitative estimate of drug-likeness (QED) is 0.326. The van der Waals surface area contributed by atoms with Crippen LogP contribution in [-0.2, 0) is 11.3 Å². The third kappa shape index (κ3) is 4.64. The molecule has 0 N–H and O–H groups in total. The van der Waals surface area contributed by atoms with Gasteiger partial charge in [0.15, 0.2) is 17.8 Å². The molecular formula is C27H22FN3O3. The van der Waals surface area contributed by atoms with Crippen LogP contribution in [0.3, 0.4) is 0 Å². The van der Waals surface area contributed by atoms with Gasteiger partial charge in [0, 0.05) is 42.1 Å². The molecule has 1 aliphatic rings. The number of rotatable bonds is 7. The van der Waals surface area contributed by atoms with Crippen LogP contribution < -0.4 is 0 Å². The van der Waals surface area contributed by atoms with Crippen LogP contribution in [0.25, 0.3) is 11.1 Å². The fourth-order valence-electron chi connectivity index (χ4n) is 3.98. The Kier molecular flexibility index (Phi) is 5.99. The molecule has 0 saturated heterocycles. The molecule has 0 bridgehead atoms. The van der Waals surface area contributed by atoms with Crippen molar-refractivity contribution in [2.24, 2.45) is 5.16 Å². The molecule has 2 aromatic carbocycles. The van der Waals surface area contributed by atoms with Gasteiger partial charge in [0.2, 0.25) is 0 Å². The van der Waals surface area contributed by atoms with Gasteiger partial charge in [-0.1, -0.05) is 23.4 Å². The fraction of sp³-hybridized carbons (Fsp3) is 0.185. The first-order valence-corrected chi connectivity index (χ1v) is 11.0. The average molecular weight is 455 g/mol. The summed E-state index contributed by atoms with van der Waals surface area (Å²) in [5, 5.41) is 4.27. The first-order valence-electron chi connectivity index (χ1n) is 11.0. The van der Waals surface area contributed by atoms with Gasteiger partial charge in [-0.2, -0.15) is 0 Å². The Morgan fingerprint density at radius 3 is 2.71 bits per heavy atom. The van der Waals surface area contributed by atoms with Gasteiger partial charge in [-0.25, -0.2) is 9.37 Å². The minimum atomic E-state index is -0.341. The van der Waals surface area contributed by atoms with Crippen molar-refractivity contribution in [1.82, 2.24) is 9.97 Å². The second-order valence-electron chi connectivity index (χ2n) is 8.22. The highest BCUT2D eigenvalue weighted by Gasteiger charge is 2.26. The number of carbonyl (C=O) groups excluding carboxylic acids is 1. The van der Waals surface area contributed by atoms with Crippen molar-refractivity contribution >= 4 is 11.5 Å². The van der Waals surface area contributed by atoms with E-state index in [-0.39, 0.29) is 24.1 Å². The van der Waals surface area contributed by atoms with Crippen molar-refractivity contribution < 1.29 is 18.4 Å².